The Morgan fingerprint density at radius 2 is 1.89 bits per heavy atom. The molecule has 1 fully saturated rings. The van der Waals surface area contributed by atoms with Gasteiger partial charge in [-0.2, -0.15) is 0 Å². The lowest BCUT2D eigenvalue weighted by Crippen LogP contribution is -2.41. The van der Waals surface area contributed by atoms with Crippen molar-refractivity contribution in [2.45, 2.75) is 37.8 Å². The van der Waals surface area contributed by atoms with Crippen LogP contribution in [0.3, 0.4) is 0 Å². The summed E-state index contributed by atoms with van der Waals surface area (Å²) in [4.78, 5) is 2.43. The summed E-state index contributed by atoms with van der Waals surface area (Å²) in [6.45, 7) is 4.05. The SMILES string of the molecule is COc1ccc(CN2CCC(CCO)(c3ccc(Cl)c(Cl)c3)[C@@H]2C)c(OC)c1. The molecule has 0 radical (unpaired) electrons. The number of ether oxygens (including phenoxy) is 2. The number of hydrogen-bond acceptors (Lipinski definition) is 4. The number of benzene rings is 2. The molecule has 28 heavy (non-hydrogen) atoms. The molecule has 152 valence electrons. The van der Waals surface area contributed by atoms with Crippen LogP contribution in [0.15, 0.2) is 36.4 Å². The summed E-state index contributed by atoms with van der Waals surface area (Å²) in [5.41, 5.74) is 2.08. The molecular weight excluding hydrogens is 397 g/mol. The van der Waals surface area contributed by atoms with Gasteiger partial charge in [0.15, 0.2) is 0 Å². The van der Waals surface area contributed by atoms with E-state index in [1.165, 1.54) is 0 Å². The zero-order valence-electron chi connectivity index (χ0n) is 16.5. The highest BCUT2D eigenvalue weighted by Crippen LogP contribution is 2.45. The smallest absolute Gasteiger partial charge is 0.127 e. The van der Waals surface area contributed by atoms with Crippen LogP contribution in [0.2, 0.25) is 10.0 Å². The van der Waals surface area contributed by atoms with Crippen LogP contribution in [0.1, 0.15) is 30.9 Å². The fraction of sp³-hybridized carbons (Fsp3) is 0.455. The van der Waals surface area contributed by atoms with Crippen LogP contribution in [0.5, 0.6) is 11.5 Å². The van der Waals surface area contributed by atoms with Gasteiger partial charge in [-0.25, -0.2) is 0 Å². The summed E-state index contributed by atoms with van der Waals surface area (Å²) in [6.07, 6.45) is 1.63. The molecule has 2 aromatic carbocycles. The average molecular weight is 424 g/mol. The molecule has 0 amide bonds. The third-order valence-corrected chi connectivity index (χ3v) is 6.85. The highest BCUT2D eigenvalue weighted by Gasteiger charge is 2.45. The van der Waals surface area contributed by atoms with E-state index in [-0.39, 0.29) is 18.1 Å². The van der Waals surface area contributed by atoms with Crippen molar-refractivity contribution in [2.75, 3.05) is 27.4 Å². The molecule has 1 heterocycles. The second-order valence-corrected chi connectivity index (χ2v) is 8.15. The maximum Gasteiger partial charge on any atom is 0.127 e. The third kappa shape index (κ3) is 3.97. The minimum Gasteiger partial charge on any atom is -0.497 e. The molecule has 4 nitrogen and oxygen atoms in total. The number of aliphatic hydroxyl groups excluding tert-OH is 1. The number of rotatable bonds is 7. The molecule has 0 aliphatic carbocycles. The Morgan fingerprint density at radius 1 is 1.11 bits per heavy atom. The van der Waals surface area contributed by atoms with E-state index in [0.29, 0.717) is 16.5 Å². The number of halogens is 2. The molecule has 0 saturated carbocycles. The van der Waals surface area contributed by atoms with Crippen molar-refractivity contribution < 1.29 is 14.6 Å². The topological polar surface area (TPSA) is 41.9 Å². The lowest BCUT2D eigenvalue weighted by molar-refractivity contribution is 0.175. The lowest BCUT2D eigenvalue weighted by Gasteiger charge is -2.37. The quantitative estimate of drug-likeness (QED) is 0.685. The van der Waals surface area contributed by atoms with Gasteiger partial charge in [0, 0.05) is 36.2 Å². The Bertz CT molecular complexity index is 829. The largest absolute Gasteiger partial charge is 0.497 e. The zero-order chi connectivity index (χ0) is 20.3. The van der Waals surface area contributed by atoms with Crippen LogP contribution in [0, 0.1) is 0 Å². The van der Waals surface area contributed by atoms with Gasteiger partial charge in [0.05, 0.1) is 24.3 Å². The Labute approximate surface area is 177 Å². The first-order valence-corrected chi connectivity index (χ1v) is 10.2. The van der Waals surface area contributed by atoms with Crippen molar-refractivity contribution in [3.8, 4) is 11.5 Å². The fourth-order valence-electron chi connectivity index (χ4n) is 4.38. The predicted molar refractivity (Wildman–Crippen MR) is 114 cm³/mol. The second-order valence-electron chi connectivity index (χ2n) is 7.33. The number of methoxy groups -OCH3 is 2. The molecule has 1 N–H and O–H groups in total. The monoisotopic (exact) mass is 423 g/mol. The summed E-state index contributed by atoms with van der Waals surface area (Å²) < 4.78 is 10.9. The average Bonchev–Trinajstić information content (AvgIpc) is 3.01. The van der Waals surface area contributed by atoms with E-state index in [9.17, 15) is 5.11 Å². The molecule has 1 aliphatic heterocycles. The van der Waals surface area contributed by atoms with Crippen LogP contribution in [-0.4, -0.2) is 43.4 Å². The maximum absolute atomic E-state index is 9.80. The molecule has 2 aromatic rings. The van der Waals surface area contributed by atoms with Gasteiger partial charge < -0.3 is 14.6 Å². The Kier molecular flexibility index (Phi) is 6.77. The molecule has 2 atom stereocenters. The molecule has 6 heteroatoms. The van der Waals surface area contributed by atoms with Crippen molar-refractivity contribution >= 4 is 23.2 Å². The summed E-state index contributed by atoms with van der Waals surface area (Å²) in [7, 11) is 3.33. The van der Waals surface area contributed by atoms with Crippen molar-refractivity contribution in [3.63, 3.8) is 0 Å². The van der Waals surface area contributed by atoms with Gasteiger partial charge in [0.1, 0.15) is 11.5 Å². The first-order valence-electron chi connectivity index (χ1n) is 9.46. The van der Waals surface area contributed by atoms with E-state index < -0.39 is 0 Å². The lowest BCUT2D eigenvalue weighted by atomic mass is 9.72. The molecule has 0 bridgehead atoms. The summed E-state index contributed by atoms with van der Waals surface area (Å²) >= 11 is 12.4. The van der Waals surface area contributed by atoms with Gasteiger partial charge in [-0.3, -0.25) is 4.90 Å². The maximum atomic E-state index is 9.80. The van der Waals surface area contributed by atoms with Crippen molar-refractivity contribution in [1.29, 1.82) is 0 Å². The van der Waals surface area contributed by atoms with Crippen LogP contribution in [-0.2, 0) is 12.0 Å². The first-order chi connectivity index (χ1) is 13.4. The van der Waals surface area contributed by atoms with Crippen LogP contribution < -0.4 is 9.47 Å². The normalized spacial score (nSPS) is 22.4. The second kappa shape index (κ2) is 8.91. The van der Waals surface area contributed by atoms with E-state index in [1.54, 1.807) is 14.2 Å². The van der Waals surface area contributed by atoms with Crippen LogP contribution in [0.4, 0.5) is 0 Å². The molecule has 0 aromatic heterocycles. The summed E-state index contributed by atoms with van der Waals surface area (Å²) in [5, 5.41) is 10.9. The fourth-order valence-corrected chi connectivity index (χ4v) is 4.68. The van der Waals surface area contributed by atoms with E-state index in [1.807, 2.05) is 30.3 Å². The minimum absolute atomic E-state index is 0.129. The van der Waals surface area contributed by atoms with Crippen molar-refractivity contribution in [1.82, 2.24) is 4.90 Å². The molecule has 1 saturated heterocycles. The van der Waals surface area contributed by atoms with Gasteiger partial charge in [0.25, 0.3) is 0 Å². The van der Waals surface area contributed by atoms with E-state index in [4.69, 9.17) is 32.7 Å². The molecular formula is C22H27Cl2NO3. The molecule has 3 rings (SSSR count). The molecule has 0 spiro atoms. The summed E-state index contributed by atoms with van der Waals surface area (Å²) in [5.74, 6) is 1.60. The third-order valence-electron chi connectivity index (χ3n) is 6.11. The Balaban J connectivity index is 1.89. The van der Waals surface area contributed by atoms with Crippen molar-refractivity contribution in [3.05, 3.63) is 57.6 Å². The standard InChI is InChI=1S/C22H27Cl2NO3/c1-15-22(9-11-26,17-5-7-19(23)20(24)12-17)8-10-25(15)14-16-4-6-18(27-2)13-21(16)28-3/h4-7,12-13,15,26H,8-11,14H2,1-3H3/t15-,22?/m0/s1. The molecule has 1 aliphatic rings. The Morgan fingerprint density at radius 3 is 2.54 bits per heavy atom. The predicted octanol–water partition coefficient (Wildman–Crippen LogP) is 4.93. The number of aliphatic hydroxyl groups is 1. The van der Waals surface area contributed by atoms with E-state index >= 15 is 0 Å². The van der Waals surface area contributed by atoms with Gasteiger partial charge in [0.2, 0.25) is 0 Å². The number of hydrogen-bond donors (Lipinski definition) is 1. The molecule has 1 unspecified atom stereocenters. The summed E-state index contributed by atoms with van der Waals surface area (Å²) in [6, 6.07) is 12.0. The zero-order valence-corrected chi connectivity index (χ0v) is 18.1. The van der Waals surface area contributed by atoms with Gasteiger partial charge in [-0.15, -0.1) is 0 Å². The van der Waals surface area contributed by atoms with Gasteiger partial charge in [-0.05, 0) is 50.1 Å². The van der Waals surface area contributed by atoms with Crippen molar-refractivity contribution in [2.24, 2.45) is 0 Å². The first kappa shape index (κ1) is 21.3. The van der Waals surface area contributed by atoms with Gasteiger partial charge >= 0.3 is 0 Å². The Hall–Kier alpha value is -1.46. The van der Waals surface area contributed by atoms with E-state index in [2.05, 4.69) is 17.9 Å². The highest BCUT2D eigenvalue weighted by atomic mass is 35.5. The highest BCUT2D eigenvalue weighted by molar-refractivity contribution is 6.42. The van der Waals surface area contributed by atoms with Gasteiger partial charge in [-0.1, -0.05) is 35.3 Å². The number of nitrogens with zero attached hydrogens (tertiary/aromatic N) is 1. The minimum atomic E-state index is -0.164. The van der Waals surface area contributed by atoms with Crippen LogP contribution >= 0.6 is 23.2 Å². The van der Waals surface area contributed by atoms with E-state index in [0.717, 1.165) is 42.1 Å². The number of likely N-dealkylation sites (tertiary alicyclic amines) is 1. The van der Waals surface area contributed by atoms with Crippen LogP contribution in [0.25, 0.3) is 0 Å².